The molecule has 0 radical (unpaired) electrons. The highest BCUT2D eigenvalue weighted by Gasteiger charge is 1.78. The van der Waals surface area contributed by atoms with E-state index in [1.165, 1.54) is 45.1 Å². The summed E-state index contributed by atoms with van der Waals surface area (Å²) in [7, 11) is 2.00. The SMILES string of the molecule is CCCCCN.CCCCCNC. The minimum atomic E-state index is 0.855. The van der Waals surface area contributed by atoms with Gasteiger partial charge in [-0.05, 0) is 33.0 Å². The van der Waals surface area contributed by atoms with E-state index in [1.54, 1.807) is 0 Å². The quantitative estimate of drug-likeness (QED) is 0.603. The van der Waals surface area contributed by atoms with Crippen LogP contribution >= 0.6 is 0 Å². The summed E-state index contributed by atoms with van der Waals surface area (Å²) >= 11 is 0. The lowest BCUT2D eigenvalue weighted by Crippen LogP contribution is -2.06. The fourth-order valence-corrected chi connectivity index (χ4v) is 0.946. The summed E-state index contributed by atoms with van der Waals surface area (Å²) in [6.07, 6.45) is 7.76. The van der Waals surface area contributed by atoms with Crippen LogP contribution in [0.5, 0.6) is 0 Å². The molecule has 0 aromatic rings. The second-order valence-corrected chi connectivity index (χ2v) is 3.31. The molecule has 0 bridgehead atoms. The maximum absolute atomic E-state index is 5.21. The van der Waals surface area contributed by atoms with E-state index in [4.69, 9.17) is 5.73 Å². The molecular formula is C11H28N2. The van der Waals surface area contributed by atoms with Crippen LogP contribution in [0.4, 0.5) is 0 Å². The van der Waals surface area contributed by atoms with Crippen molar-refractivity contribution in [1.29, 1.82) is 0 Å². The molecule has 0 saturated carbocycles. The molecule has 0 saturated heterocycles. The number of hydrogen-bond donors (Lipinski definition) is 2. The van der Waals surface area contributed by atoms with Gasteiger partial charge in [0, 0.05) is 0 Å². The summed E-state index contributed by atoms with van der Waals surface area (Å²) < 4.78 is 0. The van der Waals surface area contributed by atoms with Gasteiger partial charge in [-0.15, -0.1) is 0 Å². The molecule has 0 aromatic carbocycles. The molecular weight excluding hydrogens is 160 g/mol. The molecule has 2 nitrogen and oxygen atoms in total. The lowest BCUT2D eigenvalue weighted by Gasteiger charge is -1.93. The minimum absolute atomic E-state index is 0.855. The van der Waals surface area contributed by atoms with Crippen molar-refractivity contribution in [3.05, 3.63) is 0 Å². The molecule has 2 heteroatoms. The molecule has 0 amide bonds. The fourth-order valence-electron chi connectivity index (χ4n) is 0.946. The molecule has 0 rings (SSSR count). The maximum atomic E-state index is 5.21. The monoisotopic (exact) mass is 188 g/mol. The predicted octanol–water partition coefficient (Wildman–Crippen LogP) is 2.53. The Morgan fingerprint density at radius 3 is 1.77 bits per heavy atom. The van der Waals surface area contributed by atoms with Crippen LogP contribution in [0, 0.1) is 0 Å². The Morgan fingerprint density at radius 1 is 0.923 bits per heavy atom. The van der Waals surface area contributed by atoms with Gasteiger partial charge in [0.25, 0.3) is 0 Å². The molecule has 13 heavy (non-hydrogen) atoms. The van der Waals surface area contributed by atoms with Crippen molar-refractivity contribution < 1.29 is 0 Å². The molecule has 0 spiro atoms. The molecule has 0 atom stereocenters. The van der Waals surface area contributed by atoms with Crippen molar-refractivity contribution in [2.75, 3.05) is 20.1 Å². The standard InChI is InChI=1S/C6H15N.C5H13N/c1-3-4-5-6-7-2;1-2-3-4-5-6/h7H,3-6H2,1-2H3;2-6H2,1H3. The van der Waals surface area contributed by atoms with Gasteiger partial charge in [-0.2, -0.15) is 0 Å². The number of nitrogens with one attached hydrogen (secondary N) is 1. The Balaban J connectivity index is 0. The van der Waals surface area contributed by atoms with Crippen LogP contribution in [0.2, 0.25) is 0 Å². The lowest BCUT2D eigenvalue weighted by molar-refractivity contribution is 0.667. The molecule has 82 valence electrons. The van der Waals surface area contributed by atoms with Crippen molar-refractivity contribution in [2.24, 2.45) is 5.73 Å². The van der Waals surface area contributed by atoms with E-state index in [2.05, 4.69) is 19.2 Å². The number of nitrogens with two attached hydrogens (primary N) is 1. The molecule has 0 heterocycles. The lowest BCUT2D eigenvalue weighted by atomic mass is 10.2. The van der Waals surface area contributed by atoms with E-state index >= 15 is 0 Å². The summed E-state index contributed by atoms with van der Waals surface area (Å²) in [5, 5.41) is 3.10. The first-order valence-corrected chi connectivity index (χ1v) is 5.68. The van der Waals surface area contributed by atoms with Gasteiger partial charge >= 0.3 is 0 Å². The molecule has 0 fully saturated rings. The second-order valence-electron chi connectivity index (χ2n) is 3.31. The zero-order chi connectivity index (χ0) is 10.4. The van der Waals surface area contributed by atoms with E-state index in [1.807, 2.05) is 7.05 Å². The Labute approximate surface area is 84.3 Å². The van der Waals surface area contributed by atoms with Crippen LogP contribution in [0.1, 0.15) is 52.4 Å². The molecule has 0 aliphatic rings. The number of unbranched alkanes of at least 4 members (excludes halogenated alkanes) is 4. The van der Waals surface area contributed by atoms with Gasteiger partial charge in [0.05, 0.1) is 0 Å². The van der Waals surface area contributed by atoms with Crippen molar-refractivity contribution in [3.8, 4) is 0 Å². The van der Waals surface area contributed by atoms with Crippen LogP contribution in [0.25, 0.3) is 0 Å². The van der Waals surface area contributed by atoms with Gasteiger partial charge in [-0.25, -0.2) is 0 Å². The highest BCUT2D eigenvalue weighted by Crippen LogP contribution is 1.89. The average Bonchev–Trinajstić information content (AvgIpc) is 2.17. The third kappa shape index (κ3) is 24.5. The van der Waals surface area contributed by atoms with Crippen LogP contribution in [-0.4, -0.2) is 20.1 Å². The molecule has 0 aromatic heterocycles. The first-order chi connectivity index (χ1) is 6.33. The maximum Gasteiger partial charge on any atom is -0.00519 e. The summed E-state index contributed by atoms with van der Waals surface area (Å²) in [6.45, 7) is 6.42. The van der Waals surface area contributed by atoms with E-state index in [-0.39, 0.29) is 0 Å². The average molecular weight is 188 g/mol. The van der Waals surface area contributed by atoms with Gasteiger partial charge in [-0.1, -0.05) is 39.5 Å². The van der Waals surface area contributed by atoms with E-state index < -0.39 is 0 Å². The Hall–Kier alpha value is -0.0800. The Bertz CT molecular complexity index is 57.1. The highest BCUT2D eigenvalue weighted by atomic mass is 14.8. The van der Waals surface area contributed by atoms with E-state index in [0.717, 1.165) is 6.54 Å². The Kier molecular flexibility index (Phi) is 21.2. The minimum Gasteiger partial charge on any atom is -0.330 e. The van der Waals surface area contributed by atoms with Gasteiger partial charge in [0.15, 0.2) is 0 Å². The summed E-state index contributed by atoms with van der Waals surface area (Å²) in [5.41, 5.74) is 5.21. The van der Waals surface area contributed by atoms with Crippen LogP contribution in [-0.2, 0) is 0 Å². The van der Waals surface area contributed by atoms with Gasteiger partial charge in [0.2, 0.25) is 0 Å². The van der Waals surface area contributed by atoms with E-state index in [0.29, 0.717) is 0 Å². The van der Waals surface area contributed by atoms with Gasteiger partial charge in [0.1, 0.15) is 0 Å². The predicted molar refractivity (Wildman–Crippen MR) is 62.0 cm³/mol. The largest absolute Gasteiger partial charge is 0.330 e. The van der Waals surface area contributed by atoms with Crippen molar-refractivity contribution >= 4 is 0 Å². The van der Waals surface area contributed by atoms with E-state index in [9.17, 15) is 0 Å². The fraction of sp³-hybridized carbons (Fsp3) is 1.00. The summed E-state index contributed by atoms with van der Waals surface area (Å²) in [5.74, 6) is 0. The van der Waals surface area contributed by atoms with Gasteiger partial charge in [-0.3, -0.25) is 0 Å². The van der Waals surface area contributed by atoms with Crippen molar-refractivity contribution in [2.45, 2.75) is 52.4 Å². The number of hydrogen-bond acceptors (Lipinski definition) is 2. The first kappa shape index (κ1) is 15.4. The van der Waals surface area contributed by atoms with Crippen molar-refractivity contribution in [1.82, 2.24) is 5.32 Å². The third-order valence-corrected chi connectivity index (χ3v) is 1.84. The Morgan fingerprint density at radius 2 is 1.46 bits per heavy atom. The molecule has 0 aliphatic carbocycles. The zero-order valence-electron chi connectivity index (χ0n) is 9.73. The normalized spacial score (nSPS) is 9.23. The van der Waals surface area contributed by atoms with Crippen molar-refractivity contribution in [3.63, 3.8) is 0 Å². The highest BCUT2D eigenvalue weighted by molar-refractivity contribution is 4.39. The van der Waals surface area contributed by atoms with Gasteiger partial charge < -0.3 is 11.1 Å². The summed E-state index contributed by atoms with van der Waals surface area (Å²) in [6, 6.07) is 0. The first-order valence-electron chi connectivity index (χ1n) is 5.68. The third-order valence-electron chi connectivity index (χ3n) is 1.84. The van der Waals surface area contributed by atoms with Crippen LogP contribution < -0.4 is 11.1 Å². The number of rotatable bonds is 7. The summed E-state index contributed by atoms with van der Waals surface area (Å²) in [4.78, 5) is 0. The zero-order valence-corrected chi connectivity index (χ0v) is 9.73. The molecule has 3 N–H and O–H groups in total. The molecule has 0 aliphatic heterocycles. The van der Waals surface area contributed by atoms with Crippen LogP contribution in [0.3, 0.4) is 0 Å². The van der Waals surface area contributed by atoms with Crippen LogP contribution in [0.15, 0.2) is 0 Å². The molecule has 0 unspecified atom stereocenters. The topological polar surface area (TPSA) is 38.0 Å². The second kappa shape index (κ2) is 17.9. The smallest absolute Gasteiger partial charge is 0.00519 e.